The Hall–Kier alpha value is -2.16. The van der Waals surface area contributed by atoms with E-state index in [-0.39, 0.29) is 6.54 Å². The van der Waals surface area contributed by atoms with E-state index in [2.05, 4.69) is 10.3 Å². The fraction of sp³-hybridized carbons (Fsp3) is 0.250. The zero-order chi connectivity index (χ0) is 16.9. The number of nitrogens with one attached hydrogen (secondary N) is 1. The van der Waals surface area contributed by atoms with Crippen molar-refractivity contribution in [2.24, 2.45) is 0 Å². The second-order valence-electron chi connectivity index (χ2n) is 4.99. The molecular formula is C16H15FN2O4S. The monoisotopic (exact) mass is 350 g/mol. The average Bonchev–Trinajstić information content (AvgIpc) is 3.10. The molecule has 1 fully saturated rings. The lowest BCUT2D eigenvalue weighted by molar-refractivity contribution is -0.0466. The fourth-order valence-corrected chi connectivity index (χ4v) is 3.26. The number of aromatic nitrogens is 1. The maximum Gasteiger partial charge on any atom is 0.404 e. The summed E-state index contributed by atoms with van der Waals surface area (Å²) in [5.74, 6) is -0.464. The highest BCUT2D eigenvalue weighted by Crippen LogP contribution is 2.36. The minimum Gasteiger partial charge on any atom is -0.465 e. The number of halogens is 1. The van der Waals surface area contributed by atoms with Gasteiger partial charge in [-0.2, -0.15) is 0 Å². The molecule has 6 nitrogen and oxygen atoms in total. The van der Waals surface area contributed by atoms with Crippen LogP contribution in [0.15, 0.2) is 46.5 Å². The van der Waals surface area contributed by atoms with Crippen LogP contribution in [-0.2, 0) is 16.0 Å². The fourth-order valence-electron chi connectivity index (χ4n) is 2.26. The molecule has 1 amide bonds. The Morgan fingerprint density at radius 1 is 1.38 bits per heavy atom. The number of amides is 1. The van der Waals surface area contributed by atoms with E-state index in [1.54, 1.807) is 0 Å². The van der Waals surface area contributed by atoms with Crippen LogP contribution in [0.4, 0.5) is 9.18 Å². The summed E-state index contributed by atoms with van der Waals surface area (Å²) in [4.78, 5) is 15.7. The van der Waals surface area contributed by atoms with Gasteiger partial charge in [0.25, 0.3) is 0 Å². The van der Waals surface area contributed by atoms with Gasteiger partial charge in [0.05, 0.1) is 19.4 Å². The first-order valence-electron chi connectivity index (χ1n) is 7.24. The molecule has 2 aromatic rings. The summed E-state index contributed by atoms with van der Waals surface area (Å²) in [7, 11) is 0. The molecule has 0 aliphatic carbocycles. The summed E-state index contributed by atoms with van der Waals surface area (Å²) < 4.78 is 24.5. The number of hydrogen-bond donors (Lipinski definition) is 2. The molecule has 1 aromatic carbocycles. The van der Waals surface area contributed by atoms with Crippen LogP contribution in [0.5, 0.6) is 0 Å². The largest absolute Gasteiger partial charge is 0.465 e. The van der Waals surface area contributed by atoms with E-state index >= 15 is 0 Å². The Morgan fingerprint density at radius 3 is 2.88 bits per heavy atom. The molecule has 0 spiro atoms. The maximum atomic E-state index is 13.6. The first-order valence-corrected chi connectivity index (χ1v) is 8.06. The van der Waals surface area contributed by atoms with Crippen LogP contribution in [0, 0.1) is 5.82 Å². The molecule has 2 heterocycles. The van der Waals surface area contributed by atoms with E-state index in [0.29, 0.717) is 23.8 Å². The quantitative estimate of drug-likeness (QED) is 0.862. The highest BCUT2D eigenvalue weighted by molar-refractivity contribution is 7.99. The van der Waals surface area contributed by atoms with Gasteiger partial charge in [-0.1, -0.05) is 30.0 Å². The molecule has 1 saturated heterocycles. The standard InChI is InChI=1S/C16H15FN2O4S/c17-11-7-12(15-22-5-6-23-15)14(18-9-11)24-13-4-2-1-3-10(13)8-19-16(20)21/h1-4,7,9,15,19H,5-6,8H2,(H,20,21). The van der Waals surface area contributed by atoms with Crippen LogP contribution >= 0.6 is 11.8 Å². The van der Waals surface area contributed by atoms with E-state index in [0.717, 1.165) is 16.7 Å². The lowest BCUT2D eigenvalue weighted by atomic mass is 10.2. The van der Waals surface area contributed by atoms with E-state index in [1.165, 1.54) is 17.8 Å². The molecule has 0 unspecified atom stereocenters. The van der Waals surface area contributed by atoms with Gasteiger partial charge in [0.15, 0.2) is 6.29 Å². The molecule has 1 aromatic heterocycles. The van der Waals surface area contributed by atoms with E-state index in [9.17, 15) is 9.18 Å². The SMILES string of the molecule is O=C(O)NCc1ccccc1Sc1ncc(F)cc1C1OCCO1. The highest BCUT2D eigenvalue weighted by atomic mass is 32.2. The van der Waals surface area contributed by atoms with Gasteiger partial charge in [0.2, 0.25) is 0 Å². The predicted octanol–water partition coefficient (Wildman–Crippen LogP) is 3.18. The second kappa shape index (κ2) is 7.61. The molecule has 8 heteroatoms. The van der Waals surface area contributed by atoms with Crippen molar-refractivity contribution in [1.82, 2.24) is 10.3 Å². The van der Waals surface area contributed by atoms with Crippen molar-refractivity contribution in [1.29, 1.82) is 0 Å². The molecule has 0 atom stereocenters. The van der Waals surface area contributed by atoms with Crippen molar-refractivity contribution < 1.29 is 23.8 Å². The highest BCUT2D eigenvalue weighted by Gasteiger charge is 2.24. The minimum atomic E-state index is -1.09. The summed E-state index contributed by atoms with van der Waals surface area (Å²) in [6, 6.07) is 8.70. The zero-order valence-electron chi connectivity index (χ0n) is 12.6. The predicted molar refractivity (Wildman–Crippen MR) is 84.3 cm³/mol. The zero-order valence-corrected chi connectivity index (χ0v) is 13.4. The Morgan fingerprint density at radius 2 is 2.12 bits per heavy atom. The van der Waals surface area contributed by atoms with E-state index in [1.807, 2.05) is 24.3 Å². The summed E-state index contributed by atoms with van der Waals surface area (Å²) in [5.41, 5.74) is 1.33. The first-order chi connectivity index (χ1) is 11.6. The van der Waals surface area contributed by atoms with Gasteiger partial charge < -0.3 is 19.9 Å². The number of carboxylic acid groups (broad SMARTS) is 1. The van der Waals surface area contributed by atoms with Crippen LogP contribution in [-0.4, -0.2) is 29.4 Å². The number of nitrogens with zero attached hydrogens (tertiary/aromatic N) is 1. The number of carbonyl (C=O) groups is 1. The van der Waals surface area contributed by atoms with Gasteiger partial charge in [-0.25, -0.2) is 14.2 Å². The van der Waals surface area contributed by atoms with Gasteiger partial charge in [-0.15, -0.1) is 0 Å². The number of pyridine rings is 1. The first kappa shape index (κ1) is 16.7. The van der Waals surface area contributed by atoms with Gasteiger partial charge in [-0.3, -0.25) is 0 Å². The van der Waals surface area contributed by atoms with Crippen molar-refractivity contribution in [2.45, 2.75) is 22.8 Å². The summed E-state index contributed by atoms with van der Waals surface area (Å²) in [6.45, 7) is 1.07. The smallest absolute Gasteiger partial charge is 0.404 e. The third-order valence-electron chi connectivity index (χ3n) is 3.33. The van der Waals surface area contributed by atoms with E-state index in [4.69, 9.17) is 14.6 Å². The molecule has 24 heavy (non-hydrogen) atoms. The molecule has 3 rings (SSSR count). The Labute approximate surface area is 142 Å². The summed E-state index contributed by atoms with van der Waals surface area (Å²) in [5, 5.41) is 11.7. The lowest BCUT2D eigenvalue weighted by Gasteiger charge is -2.15. The molecule has 0 saturated carbocycles. The Bertz CT molecular complexity index is 738. The normalized spacial score (nSPS) is 14.7. The van der Waals surface area contributed by atoms with Crippen molar-refractivity contribution in [3.05, 3.63) is 53.5 Å². The van der Waals surface area contributed by atoms with Gasteiger partial charge in [-0.05, 0) is 17.7 Å². The van der Waals surface area contributed by atoms with E-state index < -0.39 is 18.2 Å². The molecule has 2 N–H and O–H groups in total. The molecule has 126 valence electrons. The third kappa shape index (κ3) is 4.02. The van der Waals surface area contributed by atoms with Crippen LogP contribution in [0.2, 0.25) is 0 Å². The molecular weight excluding hydrogens is 335 g/mol. The lowest BCUT2D eigenvalue weighted by Crippen LogP contribution is -2.20. The van der Waals surface area contributed by atoms with Gasteiger partial charge in [0.1, 0.15) is 10.8 Å². The molecule has 0 radical (unpaired) electrons. The topological polar surface area (TPSA) is 80.7 Å². The van der Waals surface area contributed by atoms with Crippen molar-refractivity contribution >= 4 is 17.9 Å². The number of rotatable bonds is 5. The Kier molecular flexibility index (Phi) is 5.29. The minimum absolute atomic E-state index is 0.172. The average molecular weight is 350 g/mol. The van der Waals surface area contributed by atoms with Crippen molar-refractivity contribution in [3.63, 3.8) is 0 Å². The molecule has 1 aliphatic rings. The van der Waals surface area contributed by atoms with Crippen LogP contribution in [0.3, 0.4) is 0 Å². The molecule has 0 bridgehead atoms. The number of benzene rings is 1. The summed E-state index contributed by atoms with van der Waals surface area (Å²) >= 11 is 1.32. The van der Waals surface area contributed by atoms with Gasteiger partial charge in [0, 0.05) is 17.0 Å². The number of ether oxygens (including phenoxy) is 2. The third-order valence-corrected chi connectivity index (χ3v) is 4.48. The Balaban J connectivity index is 1.87. The number of hydrogen-bond acceptors (Lipinski definition) is 5. The van der Waals surface area contributed by atoms with Crippen LogP contribution in [0.25, 0.3) is 0 Å². The van der Waals surface area contributed by atoms with Crippen molar-refractivity contribution in [3.8, 4) is 0 Å². The molecule has 1 aliphatic heterocycles. The van der Waals surface area contributed by atoms with Crippen LogP contribution < -0.4 is 5.32 Å². The van der Waals surface area contributed by atoms with Gasteiger partial charge >= 0.3 is 6.09 Å². The second-order valence-corrected chi connectivity index (χ2v) is 6.02. The van der Waals surface area contributed by atoms with Crippen LogP contribution in [0.1, 0.15) is 17.4 Å². The maximum absolute atomic E-state index is 13.6. The summed E-state index contributed by atoms with van der Waals surface area (Å²) in [6.07, 6.45) is -0.595. The van der Waals surface area contributed by atoms with Crippen molar-refractivity contribution in [2.75, 3.05) is 13.2 Å².